The Bertz CT molecular complexity index is 634. The van der Waals surface area contributed by atoms with Crippen LogP contribution in [0.4, 0.5) is 5.69 Å². The van der Waals surface area contributed by atoms with Gasteiger partial charge in [-0.05, 0) is 51.8 Å². The van der Waals surface area contributed by atoms with Crippen LogP contribution in [0.25, 0.3) is 0 Å². The second kappa shape index (κ2) is 11.8. The van der Waals surface area contributed by atoms with E-state index in [4.69, 9.17) is 4.74 Å². The zero-order valence-electron chi connectivity index (χ0n) is 16.8. The SMILES string of the molecule is CCC(CC)C(=O)Nc1ccc(OCC(O)CNC(C)(C)C)c(C#N)c1.Cl. The van der Waals surface area contributed by atoms with E-state index in [1.165, 1.54) is 0 Å². The minimum atomic E-state index is -0.685. The van der Waals surface area contributed by atoms with Crippen molar-refractivity contribution >= 4 is 24.0 Å². The first-order valence-corrected chi connectivity index (χ1v) is 9.11. The molecular weight excluding hydrogens is 366 g/mol. The van der Waals surface area contributed by atoms with E-state index in [2.05, 4.69) is 16.7 Å². The van der Waals surface area contributed by atoms with Crippen LogP contribution in [0, 0.1) is 17.2 Å². The maximum Gasteiger partial charge on any atom is 0.227 e. The molecule has 1 rings (SSSR count). The Balaban J connectivity index is 0.00000676. The van der Waals surface area contributed by atoms with Gasteiger partial charge in [-0.3, -0.25) is 4.79 Å². The van der Waals surface area contributed by atoms with Gasteiger partial charge in [-0.2, -0.15) is 5.26 Å². The largest absolute Gasteiger partial charge is 0.489 e. The monoisotopic (exact) mass is 397 g/mol. The molecule has 27 heavy (non-hydrogen) atoms. The van der Waals surface area contributed by atoms with E-state index in [0.717, 1.165) is 12.8 Å². The van der Waals surface area contributed by atoms with E-state index in [1.807, 2.05) is 34.6 Å². The Kier molecular flexibility index (Phi) is 11.0. The zero-order valence-corrected chi connectivity index (χ0v) is 17.7. The number of aliphatic hydroxyl groups excluding tert-OH is 1. The summed E-state index contributed by atoms with van der Waals surface area (Å²) in [5.74, 6) is 0.306. The molecule has 0 saturated carbocycles. The van der Waals surface area contributed by atoms with Crippen LogP contribution >= 0.6 is 12.4 Å². The molecule has 3 N–H and O–H groups in total. The maximum absolute atomic E-state index is 12.2. The van der Waals surface area contributed by atoms with Crippen molar-refractivity contribution in [3.63, 3.8) is 0 Å². The van der Waals surface area contributed by atoms with Gasteiger partial charge in [-0.25, -0.2) is 0 Å². The number of nitrogens with zero attached hydrogens (tertiary/aromatic N) is 1. The van der Waals surface area contributed by atoms with Crippen molar-refractivity contribution in [2.45, 2.75) is 59.1 Å². The molecule has 1 aromatic rings. The molecule has 0 saturated heterocycles. The van der Waals surface area contributed by atoms with Gasteiger partial charge in [0, 0.05) is 23.7 Å². The van der Waals surface area contributed by atoms with E-state index < -0.39 is 6.10 Å². The summed E-state index contributed by atoms with van der Waals surface area (Å²) in [5.41, 5.74) is 0.803. The van der Waals surface area contributed by atoms with Crippen LogP contribution in [-0.4, -0.2) is 35.8 Å². The lowest BCUT2D eigenvalue weighted by atomic mass is 10.0. The quantitative estimate of drug-likeness (QED) is 0.593. The molecular formula is C20H32ClN3O3. The fourth-order valence-electron chi connectivity index (χ4n) is 2.39. The summed E-state index contributed by atoms with van der Waals surface area (Å²) in [6, 6.07) is 7.01. The number of rotatable bonds is 9. The maximum atomic E-state index is 12.2. The number of nitrogens with one attached hydrogen (secondary N) is 2. The lowest BCUT2D eigenvalue weighted by Crippen LogP contribution is -2.42. The summed E-state index contributed by atoms with van der Waals surface area (Å²) in [7, 11) is 0. The third-order valence-corrected chi connectivity index (χ3v) is 4.02. The van der Waals surface area contributed by atoms with Gasteiger partial charge in [-0.1, -0.05) is 13.8 Å². The fourth-order valence-corrected chi connectivity index (χ4v) is 2.39. The molecule has 0 aliphatic carbocycles. The summed E-state index contributed by atoms with van der Waals surface area (Å²) in [4.78, 5) is 12.2. The molecule has 7 heteroatoms. The summed E-state index contributed by atoms with van der Waals surface area (Å²) < 4.78 is 5.58. The van der Waals surface area contributed by atoms with Gasteiger partial charge in [0.05, 0.1) is 5.56 Å². The topological polar surface area (TPSA) is 94.4 Å². The van der Waals surface area contributed by atoms with Gasteiger partial charge >= 0.3 is 0 Å². The van der Waals surface area contributed by atoms with Crippen molar-refractivity contribution in [2.75, 3.05) is 18.5 Å². The summed E-state index contributed by atoms with van der Waals surface area (Å²) in [6.07, 6.45) is 0.861. The normalized spacial score (nSPS) is 12.1. The highest BCUT2D eigenvalue weighted by Gasteiger charge is 2.16. The van der Waals surface area contributed by atoms with E-state index in [9.17, 15) is 15.2 Å². The van der Waals surface area contributed by atoms with Gasteiger partial charge in [0.2, 0.25) is 5.91 Å². The summed E-state index contributed by atoms with van der Waals surface area (Å²) in [5, 5.41) is 25.4. The van der Waals surface area contributed by atoms with Crippen LogP contribution in [-0.2, 0) is 4.79 Å². The summed E-state index contributed by atoms with van der Waals surface area (Å²) >= 11 is 0. The van der Waals surface area contributed by atoms with E-state index in [1.54, 1.807) is 18.2 Å². The van der Waals surface area contributed by atoms with E-state index in [-0.39, 0.29) is 36.4 Å². The molecule has 1 aromatic carbocycles. The van der Waals surface area contributed by atoms with Crippen molar-refractivity contribution < 1.29 is 14.6 Å². The second-order valence-corrected chi connectivity index (χ2v) is 7.42. The number of hydrogen-bond acceptors (Lipinski definition) is 5. The Morgan fingerprint density at radius 3 is 2.44 bits per heavy atom. The predicted molar refractivity (Wildman–Crippen MR) is 110 cm³/mol. The van der Waals surface area contributed by atoms with Crippen LogP contribution in [0.1, 0.15) is 53.0 Å². The number of carbonyl (C=O) groups is 1. The molecule has 152 valence electrons. The van der Waals surface area contributed by atoms with Crippen LogP contribution in [0.3, 0.4) is 0 Å². The minimum absolute atomic E-state index is 0. The molecule has 6 nitrogen and oxygen atoms in total. The van der Waals surface area contributed by atoms with Crippen LogP contribution in [0.5, 0.6) is 5.75 Å². The van der Waals surface area contributed by atoms with Crippen LogP contribution < -0.4 is 15.4 Å². The second-order valence-electron chi connectivity index (χ2n) is 7.42. The molecule has 0 aliphatic rings. The third kappa shape index (κ3) is 9.09. The molecule has 0 bridgehead atoms. The first-order valence-electron chi connectivity index (χ1n) is 9.11. The Labute approximate surface area is 168 Å². The van der Waals surface area contributed by atoms with Crippen molar-refractivity contribution in [2.24, 2.45) is 5.92 Å². The average Bonchev–Trinajstić information content (AvgIpc) is 2.59. The van der Waals surface area contributed by atoms with Crippen molar-refractivity contribution in [3.05, 3.63) is 23.8 Å². The lowest BCUT2D eigenvalue weighted by molar-refractivity contribution is -0.120. The highest BCUT2D eigenvalue weighted by Crippen LogP contribution is 2.23. The Morgan fingerprint density at radius 2 is 1.93 bits per heavy atom. The van der Waals surface area contributed by atoms with E-state index >= 15 is 0 Å². The molecule has 0 spiro atoms. The van der Waals surface area contributed by atoms with Crippen LogP contribution in [0.2, 0.25) is 0 Å². The van der Waals surface area contributed by atoms with Crippen molar-refractivity contribution in [3.8, 4) is 11.8 Å². The molecule has 1 amide bonds. The van der Waals surface area contributed by atoms with Crippen molar-refractivity contribution in [1.29, 1.82) is 5.26 Å². The number of aliphatic hydroxyl groups is 1. The number of carbonyl (C=O) groups excluding carboxylic acids is 1. The molecule has 0 heterocycles. The first kappa shape index (κ1) is 25.2. The van der Waals surface area contributed by atoms with Gasteiger partial charge in [0.25, 0.3) is 0 Å². The summed E-state index contributed by atoms with van der Waals surface area (Å²) in [6.45, 7) is 10.5. The van der Waals surface area contributed by atoms with Gasteiger partial charge in [0.1, 0.15) is 24.5 Å². The number of hydrogen-bond donors (Lipinski definition) is 3. The standard InChI is InChI=1S/C20H31N3O3.ClH/c1-6-14(7-2)19(25)23-16-8-9-18(15(10-16)11-21)26-13-17(24)12-22-20(3,4)5;/h8-10,14,17,22,24H,6-7,12-13H2,1-5H3,(H,23,25);1H. The highest BCUT2D eigenvalue weighted by atomic mass is 35.5. The third-order valence-electron chi connectivity index (χ3n) is 4.02. The number of benzene rings is 1. The van der Waals surface area contributed by atoms with E-state index in [0.29, 0.717) is 23.5 Å². The molecule has 0 radical (unpaired) electrons. The Morgan fingerprint density at radius 1 is 1.30 bits per heavy atom. The number of halogens is 1. The predicted octanol–water partition coefficient (Wildman–Crippen LogP) is 3.48. The van der Waals surface area contributed by atoms with Crippen molar-refractivity contribution in [1.82, 2.24) is 5.32 Å². The van der Waals surface area contributed by atoms with Gasteiger partial charge in [0.15, 0.2) is 0 Å². The first-order chi connectivity index (χ1) is 12.2. The Hall–Kier alpha value is -1.81. The van der Waals surface area contributed by atoms with Gasteiger partial charge in [-0.15, -0.1) is 12.4 Å². The van der Waals surface area contributed by atoms with Gasteiger partial charge < -0.3 is 20.5 Å². The fraction of sp³-hybridized carbons (Fsp3) is 0.600. The molecule has 1 atom stereocenters. The number of nitriles is 1. The molecule has 0 aliphatic heterocycles. The molecule has 0 aromatic heterocycles. The average molecular weight is 398 g/mol. The number of amides is 1. The number of ether oxygens (including phenoxy) is 1. The molecule has 0 fully saturated rings. The highest BCUT2D eigenvalue weighted by molar-refractivity contribution is 5.92. The minimum Gasteiger partial charge on any atom is -0.489 e. The van der Waals surface area contributed by atoms with Crippen LogP contribution in [0.15, 0.2) is 18.2 Å². The smallest absolute Gasteiger partial charge is 0.227 e. The number of anilines is 1. The zero-order chi connectivity index (χ0) is 19.7. The lowest BCUT2D eigenvalue weighted by Gasteiger charge is -2.23. The number of β-amino-alcohol motifs (C(OH)–C–C–N with tert-alkyl or cyclic N) is 1. The molecule has 1 unspecified atom stereocenters.